The van der Waals surface area contributed by atoms with Crippen molar-refractivity contribution in [2.45, 2.75) is 65.9 Å². The smallest absolute Gasteiger partial charge is 0.0846 e. The van der Waals surface area contributed by atoms with Gasteiger partial charge in [0.15, 0.2) is 0 Å². The average Bonchev–Trinajstić information content (AvgIpc) is 2.42. The molecule has 1 heterocycles. The number of rotatable bonds is 9. The van der Waals surface area contributed by atoms with E-state index in [1.54, 1.807) is 0 Å². The summed E-state index contributed by atoms with van der Waals surface area (Å²) >= 11 is 0. The molecular formula is C20H32O2. The van der Waals surface area contributed by atoms with Crippen LogP contribution in [-0.2, 0) is 4.74 Å². The molecule has 0 saturated carbocycles. The molecule has 0 aromatic rings. The van der Waals surface area contributed by atoms with Crippen molar-refractivity contribution in [3.63, 3.8) is 0 Å². The van der Waals surface area contributed by atoms with E-state index >= 15 is 0 Å². The Morgan fingerprint density at radius 3 is 2.32 bits per heavy atom. The first-order valence-corrected chi connectivity index (χ1v) is 8.39. The van der Waals surface area contributed by atoms with Crippen molar-refractivity contribution in [1.29, 1.82) is 0 Å². The number of ether oxygens (including phenoxy) is 1. The molecule has 0 amide bonds. The Labute approximate surface area is 136 Å². The number of allylic oxidation sites excluding steroid dienone is 5. The Balaban J connectivity index is 2.31. The van der Waals surface area contributed by atoms with Crippen LogP contribution >= 0.6 is 0 Å². The number of hydrogen-bond acceptors (Lipinski definition) is 2. The predicted molar refractivity (Wildman–Crippen MR) is 94.9 cm³/mol. The van der Waals surface area contributed by atoms with Gasteiger partial charge in [-0.2, -0.15) is 0 Å². The third kappa shape index (κ3) is 7.77. The second-order valence-corrected chi connectivity index (χ2v) is 6.46. The Morgan fingerprint density at radius 2 is 1.73 bits per heavy atom. The Morgan fingerprint density at radius 1 is 1.05 bits per heavy atom. The lowest BCUT2D eigenvalue weighted by molar-refractivity contribution is 0.0178. The van der Waals surface area contributed by atoms with E-state index in [1.807, 2.05) is 6.08 Å². The standard InChI is InChI=1S/C20H32O2/c1-16(2)7-5-8-17(3)11-12-20-19(15-22-20)10-6-9-18(4)13-14-21/h7,10-11,13,20-21H,5-6,8-9,12,14-15H2,1-4H3. The molecule has 2 heteroatoms. The fraction of sp³-hybridized carbons (Fsp3) is 0.600. The Kier molecular flexibility index (Phi) is 9.10. The molecule has 0 aromatic heterocycles. The average molecular weight is 304 g/mol. The summed E-state index contributed by atoms with van der Waals surface area (Å²) in [7, 11) is 0. The molecular weight excluding hydrogens is 272 g/mol. The SMILES string of the molecule is CC(C)=CCCC(C)=CCC1OCC1=CCCC(C)=CCO. The van der Waals surface area contributed by atoms with Crippen LogP contribution in [0.1, 0.15) is 59.8 Å². The van der Waals surface area contributed by atoms with Gasteiger partial charge in [-0.05, 0) is 65.4 Å². The topological polar surface area (TPSA) is 29.5 Å². The van der Waals surface area contributed by atoms with Gasteiger partial charge in [0.05, 0.1) is 19.3 Å². The van der Waals surface area contributed by atoms with Crippen molar-refractivity contribution in [3.05, 3.63) is 46.6 Å². The van der Waals surface area contributed by atoms with E-state index in [-0.39, 0.29) is 6.61 Å². The van der Waals surface area contributed by atoms with Crippen molar-refractivity contribution >= 4 is 0 Å². The summed E-state index contributed by atoms with van der Waals surface area (Å²) < 4.78 is 5.66. The van der Waals surface area contributed by atoms with Gasteiger partial charge in [-0.1, -0.05) is 41.0 Å². The van der Waals surface area contributed by atoms with Crippen LogP contribution < -0.4 is 0 Å². The zero-order valence-corrected chi connectivity index (χ0v) is 14.7. The molecule has 1 aliphatic heterocycles. The van der Waals surface area contributed by atoms with Crippen LogP contribution in [0.4, 0.5) is 0 Å². The van der Waals surface area contributed by atoms with Gasteiger partial charge >= 0.3 is 0 Å². The summed E-state index contributed by atoms with van der Waals surface area (Å²) in [4.78, 5) is 0. The van der Waals surface area contributed by atoms with Crippen molar-refractivity contribution in [2.75, 3.05) is 13.2 Å². The summed E-state index contributed by atoms with van der Waals surface area (Å²) in [5, 5.41) is 8.84. The van der Waals surface area contributed by atoms with Crippen molar-refractivity contribution in [3.8, 4) is 0 Å². The first-order chi connectivity index (χ1) is 10.5. The first-order valence-electron chi connectivity index (χ1n) is 8.39. The molecule has 1 aliphatic rings. The van der Waals surface area contributed by atoms with Gasteiger partial charge in [0.1, 0.15) is 0 Å². The van der Waals surface area contributed by atoms with E-state index in [4.69, 9.17) is 9.84 Å². The van der Waals surface area contributed by atoms with Gasteiger partial charge in [-0.3, -0.25) is 0 Å². The number of aliphatic hydroxyl groups excluding tert-OH is 1. The summed E-state index contributed by atoms with van der Waals surface area (Å²) in [5.41, 5.74) is 5.54. The second-order valence-electron chi connectivity index (χ2n) is 6.46. The minimum absolute atomic E-state index is 0.144. The quantitative estimate of drug-likeness (QED) is 0.600. The van der Waals surface area contributed by atoms with Crippen molar-refractivity contribution in [1.82, 2.24) is 0 Å². The normalized spacial score (nSPS) is 21.0. The molecule has 22 heavy (non-hydrogen) atoms. The molecule has 0 aliphatic carbocycles. The minimum Gasteiger partial charge on any atom is -0.392 e. The molecule has 2 nitrogen and oxygen atoms in total. The summed E-state index contributed by atoms with van der Waals surface area (Å²) in [6, 6.07) is 0. The summed E-state index contributed by atoms with van der Waals surface area (Å²) in [6.45, 7) is 9.51. The maximum Gasteiger partial charge on any atom is 0.0846 e. The molecule has 1 saturated heterocycles. The summed E-state index contributed by atoms with van der Waals surface area (Å²) in [5.74, 6) is 0. The first kappa shape index (κ1) is 18.9. The lowest BCUT2D eigenvalue weighted by Crippen LogP contribution is -2.30. The molecule has 1 unspecified atom stereocenters. The van der Waals surface area contributed by atoms with Crippen LogP contribution in [-0.4, -0.2) is 24.4 Å². The second kappa shape index (κ2) is 10.6. The number of hydrogen-bond donors (Lipinski definition) is 1. The Hall–Kier alpha value is -1.12. The molecule has 1 rings (SSSR count). The van der Waals surface area contributed by atoms with Crippen LogP contribution in [0.2, 0.25) is 0 Å². The van der Waals surface area contributed by atoms with Crippen LogP contribution in [0, 0.1) is 0 Å². The molecule has 1 atom stereocenters. The zero-order chi connectivity index (χ0) is 16.4. The van der Waals surface area contributed by atoms with Crippen molar-refractivity contribution < 1.29 is 9.84 Å². The largest absolute Gasteiger partial charge is 0.392 e. The predicted octanol–water partition coefficient (Wildman–Crippen LogP) is 5.11. The molecule has 0 aromatic carbocycles. The lowest BCUT2D eigenvalue weighted by atomic mass is 9.98. The zero-order valence-electron chi connectivity index (χ0n) is 14.7. The van der Waals surface area contributed by atoms with Gasteiger partial charge in [-0.15, -0.1) is 0 Å². The third-order valence-electron chi connectivity index (χ3n) is 4.02. The molecule has 0 radical (unpaired) electrons. The van der Waals surface area contributed by atoms with E-state index in [0.29, 0.717) is 6.10 Å². The Bertz CT molecular complexity index is 448. The highest BCUT2D eigenvalue weighted by Crippen LogP contribution is 2.25. The van der Waals surface area contributed by atoms with Gasteiger partial charge in [0, 0.05) is 0 Å². The van der Waals surface area contributed by atoms with E-state index in [9.17, 15) is 0 Å². The highest BCUT2D eigenvalue weighted by molar-refractivity contribution is 5.19. The highest BCUT2D eigenvalue weighted by Gasteiger charge is 2.23. The van der Waals surface area contributed by atoms with Crippen molar-refractivity contribution in [2.24, 2.45) is 0 Å². The summed E-state index contributed by atoms with van der Waals surface area (Å²) in [6.07, 6.45) is 14.4. The van der Waals surface area contributed by atoms with Gasteiger partial charge < -0.3 is 9.84 Å². The highest BCUT2D eigenvalue weighted by atomic mass is 16.5. The number of aliphatic hydroxyl groups is 1. The van der Waals surface area contributed by atoms with Crippen LogP contribution in [0.15, 0.2) is 46.6 Å². The molecule has 0 bridgehead atoms. The third-order valence-corrected chi connectivity index (χ3v) is 4.02. The lowest BCUT2D eigenvalue weighted by Gasteiger charge is -2.30. The van der Waals surface area contributed by atoms with Gasteiger partial charge in [0.25, 0.3) is 0 Å². The van der Waals surface area contributed by atoms with E-state index in [2.05, 4.69) is 45.9 Å². The van der Waals surface area contributed by atoms with Crippen LogP contribution in [0.5, 0.6) is 0 Å². The fourth-order valence-corrected chi connectivity index (χ4v) is 2.45. The van der Waals surface area contributed by atoms with Crippen LogP contribution in [0.3, 0.4) is 0 Å². The maximum absolute atomic E-state index is 8.84. The molecule has 124 valence electrons. The van der Waals surface area contributed by atoms with E-state index in [0.717, 1.165) is 38.7 Å². The fourth-order valence-electron chi connectivity index (χ4n) is 2.45. The molecule has 1 fully saturated rings. The van der Waals surface area contributed by atoms with Gasteiger partial charge in [-0.25, -0.2) is 0 Å². The van der Waals surface area contributed by atoms with E-state index in [1.165, 1.54) is 22.3 Å². The maximum atomic E-state index is 8.84. The van der Waals surface area contributed by atoms with Gasteiger partial charge in [0.2, 0.25) is 0 Å². The molecule has 1 N–H and O–H groups in total. The van der Waals surface area contributed by atoms with E-state index < -0.39 is 0 Å². The molecule has 0 spiro atoms. The van der Waals surface area contributed by atoms with Crippen LogP contribution in [0.25, 0.3) is 0 Å². The minimum atomic E-state index is 0.144. The monoisotopic (exact) mass is 304 g/mol.